The van der Waals surface area contributed by atoms with Gasteiger partial charge in [0.2, 0.25) is 0 Å². The molecular formula is C52H31N5O. The fourth-order valence-electron chi connectivity index (χ4n) is 8.40. The molecule has 12 aromatic rings. The van der Waals surface area contributed by atoms with Crippen LogP contribution in [0.4, 0.5) is 0 Å². The van der Waals surface area contributed by atoms with Gasteiger partial charge in [0.05, 0.1) is 22.1 Å². The Hall–Kier alpha value is -7.96. The van der Waals surface area contributed by atoms with Crippen molar-refractivity contribution in [1.29, 1.82) is 0 Å². The van der Waals surface area contributed by atoms with Crippen molar-refractivity contribution in [1.82, 2.24) is 24.5 Å². The van der Waals surface area contributed by atoms with Crippen molar-refractivity contribution in [2.24, 2.45) is 0 Å². The summed E-state index contributed by atoms with van der Waals surface area (Å²) in [6.45, 7) is 0. The zero-order valence-corrected chi connectivity index (χ0v) is 31.0. The van der Waals surface area contributed by atoms with E-state index in [1.54, 1.807) is 0 Å². The first-order valence-electron chi connectivity index (χ1n) is 19.4. The van der Waals surface area contributed by atoms with Gasteiger partial charge in [-0.25, -0.2) is 19.9 Å². The summed E-state index contributed by atoms with van der Waals surface area (Å²) < 4.78 is 9.22. The van der Waals surface area contributed by atoms with Crippen LogP contribution in [0.3, 0.4) is 0 Å². The van der Waals surface area contributed by atoms with Crippen molar-refractivity contribution in [2.45, 2.75) is 0 Å². The summed E-state index contributed by atoms with van der Waals surface area (Å²) in [4.78, 5) is 20.6. The molecule has 4 aromatic heterocycles. The molecule has 0 bridgehead atoms. The van der Waals surface area contributed by atoms with Crippen molar-refractivity contribution in [2.75, 3.05) is 0 Å². The number of hydrogen-bond acceptors (Lipinski definition) is 5. The highest BCUT2D eigenvalue weighted by atomic mass is 16.3. The lowest BCUT2D eigenvalue weighted by atomic mass is 10.0. The van der Waals surface area contributed by atoms with Crippen molar-refractivity contribution in [3.8, 4) is 51.1 Å². The molecule has 0 aliphatic rings. The van der Waals surface area contributed by atoms with E-state index >= 15 is 0 Å². The predicted molar refractivity (Wildman–Crippen MR) is 236 cm³/mol. The van der Waals surface area contributed by atoms with Crippen molar-refractivity contribution >= 4 is 65.4 Å². The Morgan fingerprint density at radius 1 is 0.379 bits per heavy atom. The molecule has 0 saturated carbocycles. The minimum atomic E-state index is 0.603. The molecule has 0 aliphatic heterocycles. The number of pyridine rings is 1. The Bertz CT molecular complexity index is 3470. The maximum atomic E-state index is 6.91. The molecule has 0 unspecified atom stereocenters. The van der Waals surface area contributed by atoms with Crippen molar-refractivity contribution in [3.63, 3.8) is 0 Å². The van der Waals surface area contributed by atoms with E-state index < -0.39 is 0 Å². The third-order valence-electron chi connectivity index (χ3n) is 11.2. The quantitative estimate of drug-likeness (QED) is 0.176. The van der Waals surface area contributed by atoms with Crippen molar-refractivity contribution < 1.29 is 4.42 Å². The van der Waals surface area contributed by atoms with Crippen LogP contribution in [0, 0.1) is 0 Å². The van der Waals surface area contributed by atoms with Crippen LogP contribution in [0.25, 0.3) is 117 Å². The molecular weight excluding hydrogens is 711 g/mol. The molecule has 270 valence electrons. The Morgan fingerprint density at radius 2 is 0.914 bits per heavy atom. The second-order valence-electron chi connectivity index (χ2n) is 14.7. The average molecular weight is 742 g/mol. The number of rotatable bonds is 5. The molecule has 0 aliphatic carbocycles. The summed E-state index contributed by atoms with van der Waals surface area (Å²) >= 11 is 0. The zero-order chi connectivity index (χ0) is 38.2. The highest BCUT2D eigenvalue weighted by molar-refractivity contribution is 6.24. The number of para-hydroxylation sites is 2. The maximum absolute atomic E-state index is 6.91. The van der Waals surface area contributed by atoms with Gasteiger partial charge in [-0.3, -0.25) is 0 Å². The normalized spacial score (nSPS) is 11.8. The highest BCUT2D eigenvalue weighted by Gasteiger charge is 2.25. The third-order valence-corrected chi connectivity index (χ3v) is 11.2. The minimum Gasteiger partial charge on any atom is -0.453 e. The molecule has 0 saturated heterocycles. The van der Waals surface area contributed by atoms with Crippen molar-refractivity contribution in [3.05, 3.63) is 188 Å². The number of fused-ring (bicyclic) bond motifs is 9. The fourth-order valence-corrected chi connectivity index (χ4v) is 8.40. The van der Waals surface area contributed by atoms with Crippen LogP contribution in [-0.4, -0.2) is 24.5 Å². The van der Waals surface area contributed by atoms with E-state index in [0.29, 0.717) is 17.5 Å². The molecule has 58 heavy (non-hydrogen) atoms. The second-order valence-corrected chi connectivity index (χ2v) is 14.7. The topological polar surface area (TPSA) is 69.6 Å². The van der Waals surface area contributed by atoms with Gasteiger partial charge in [0.25, 0.3) is 0 Å². The molecule has 6 nitrogen and oxygen atoms in total. The van der Waals surface area contributed by atoms with E-state index in [0.717, 1.165) is 88.3 Å². The van der Waals surface area contributed by atoms with E-state index in [1.165, 1.54) is 10.8 Å². The molecule has 0 atom stereocenters. The summed E-state index contributed by atoms with van der Waals surface area (Å²) in [5, 5.41) is 7.61. The van der Waals surface area contributed by atoms with Gasteiger partial charge in [0.1, 0.15) is 11.1 Å². The van der Waals surface area contributed by atoms with E-state index in [-0.39, 0.29) is 0 Å². The number of furan rings is 1. The van der Waals surface area contributed by atoms with Crippen LogP contribution in [0.2, 0.25) is 0 Å². The van der Waals surface area contributed by atoms with Gasteiger partial charge in [-0.2, -0.15) is 0 Å². The van der Waals surface area contributed by atoms with Gasteiger partial charge >= 0.3 is 0 Å². The lowest BCUT2D eigenvalue weighted by Gasteiger charge is -2.12. The fraction of sp³-hybridized carbons (Fsp3) is 0. The maximum Gasteiger partial charge on any atom is 0.164 e. The first-order chi connectivity index (χ1) is 28.7. The van der Waals surface area contributed by atoms with E-state index in [1.807, 2.05) is 18.2 Å². The number of benzene rings is 8. The Kier molecular flexibility index (Phi) is 7.13. The van der Waals surface area contributed by atoms with Crippen LogP contribution in [-0.2, 0) is 0 Å². The van der Waals surface area contributed by atoms with Crippen LogP contribution in [0.5, 0.6) is 0 Å². The van der Waals surface area contributed by atoms with Crippen LogP contribution < -0.4 is 0 Å². The Balaban J connectivity index is 1.06. The lowest BCUT2D eigenvalue weighted by Crippen LogP contribution is -2.01. The lowest BCUT2D eigenvalue weighted by molar-refractivity contribution is 0.676. The number of aromatic nitrogens is 5. The summed E-state index contributed by atoms with van der Waals surface area (Å²) in [5.74, 6) is 1.85. The van der Waals surface area contributed by atoms with E-state index in [2.05, 4.69) is 174 Å². The van der Waals surface area contributed by atoms with Crippen LogP contribution >= 0.6 is 0 Å². The van der Waals surface area contributed by atoms with Gasteiger partial charge in [-0.1, -0.05) is 127 Å². The van der Waals surface area contributed by atoms with Gasteiger partial charge in [-0.15, -0.1) is 0 Å². The minimum absolute atomic E-state index is 0.603. The second kappa shape index (κ2) is 12.8. The summed E-state index contributed by atoms with van der Waals surface area (Å²) in [6, 6.07) is 65.0. The molecule has 0 fully saturated rings. The molecule has 12 rings (SSSR count). The SMILES string of the molecule is c1ccc(-c2nc3ccccc3c3oc4c5ccccc5n(-c5ccc(-c6nc(-c7ccc8ccccc8c7)nc(-c7ccc8ccccc8c7)n6)cc5)c4c23)cc1. The first-order valence-corrected chi connectivity index (χ1v) is 19.4. The first kappa shape index (κ1) is 32.3. The highest BCUT2D eigenvalue weighted by Crippen LogP contribution is 2.44. The van der Waals surface area contributed by atoms with E-state index in [4.69, 9.17) is 24.4 Å². The molecule has 0 N–H and O–H groups in total. The summed E-state index contributed by atoms with van der Waals surface area (Å²) in [6.07, 6.45) is 0. The molecule has 0 amide bonds. The zero-order valence-electron chi connectivity index (χ0n) is 31.0. The van der Waals surface area contributed by atoms with Gasteiger partial charge in [0, 0.05) is 38.7 Å². The smallest absolute Gasteiger partial charge is 0.164 e. The summed E-state index contributed by atoms with van der Waals surface area (Å²) in [7, 11) is 0. The molecule has 4 heterocycles. The average Bonchev–Trinajstić information content (AvgIpc) is 3.84. The van der Waals surface area contributed by atoms with Crippen LogP contribution in [0.1, 0.15) is 0 Å². The van der Waals surface area contributed by atoms with Crippen LogP contribution in [0.15, 0.2) is 192 Å². The Labute approximate surface area is 332 Å². The molecule has 0 spiro atoms. The third kappa shape index (κ3) is 5.12. The predicted octanol–water partition coefficient (Wildman–Crippen LogP) is 13.2. The largest absolute Gasteiger partial charge is 0.453 e. The van der Waals surface area contributed by atoms with E-state index in [9.17, 15) is 0 Å². The molecule has 6 heteroatoms. The van der Waals surface area contributed by atoms with Gasteiger partial charge < -0.3 is 8.98 Å². The standard InChI is InChI=1S/C52H31N5O/c1-2-14-34(15-3-1)46-45-47-49(58-48(45)41-18-8-10-20-43(41)53-46)42-19-9-11-21-44(42)57(47)40-28-26-35(27-29-40)50-54-51(38-24-22-32-12-4-6-16-36(32)30-38)56-52(55-50)39-25-23-33-13-5-7-17-37(33)31-39/h1-31H. The number of nitrogens with zero attached hydrogens (tertiary/aromatic N) is 5. The summed E-state index contributed by atoms with van der Waals surface area (Å²) in [5.41, 5.74) is 10.3. The van der Waals surface area contributed by atoms with Gasteiger partial charge in [-0.05, 0) is 82.2 Å². The van der Waals surface area contributed by atoms with Gasteiger partial charge in [0.15, 0.2) is 23.1 Å². The molecule has 8 aromatic carbocycles. The molecule has 0 radical (unpaired) electrons. The Morgan fingerprint density at radius 3 is 1.59 bits per heavy atom. The monoisotopic (exact) mass is 741 g/mol. The number of hydrogen-bond donors (Lipinski definition) is 0.